The molecule has 27 heavy (non-hydrogen) atoms. The number of nitrogens with zero attached hydrogens (tertiary/aromatic N) is 2. The van der Waals surface area contributed by atoms with E-state index in [1.54, 1.807) is 0 Å². The Kier molecular flexibility index (Phi) is 6.22. The third-order valence-corrected chi connectivity index (χ3v) is 6.05. The van der Waals surface area contributed by atoms with Gasteiger partial charge in [0, 0.05) is 33.0 Å². The van der Waals surface area contributed by atoms with Crippen molar-refractivity contribution in [1.29, 1.82) is 0 Å². The molecule has 7 heteroatoms. The van der Waals surface area contributed by atoms with Gasteiger partial charge in [0.2, 0.25) is 11.8 Å². The first-order chi connectivity index (χ1) is 12.9. The Hall–Kier alpha value is -1.86. The van der Waals surface area contributed by atoms with Crippen molar-refractivity contribution in [3.8, 4) is 0 Å². The molecular formula is C20H27N3O3S. The average molecular weight is 390 g/mol. The Morgan fingerprint density at radius 1 is 1.22 bits per heavy atom. The summed E-state index contributed by atoms with van der Waals surface area (Å²) in [4.78, 5) is 24.0. The molecule has 1 saturated heterocycles. The first-order valence-corrected chi connectivity index (χ1v) is 10.2. The van der Waals surface area contributed by atoms with Crippen molar-refractivity contribution in [2.75, 3.05) is 13.2 Å². The van der Waals surface area contributed by atoms with Crippen LogP contribution in [0.4, 0.5) is 0 Å². The molecular weight excluding hydrogens is 362 g/mol. The van der Waals surface area contributed by atoms with Crippen LogP contribution in [0.3, 0.4) is 0 Å². The van der Waals surface area contributed by atoms with Gasteiger partial charge in [-0.05, 0) is 23.5 Å². The van der Waals surface area contributed by atoms with Gasteiger partial charge in [-0.3, -0.25) is 9.59 Å². The Labute approximate surface area is 164 Å². The van der Waals surface area contributed by atoms with Gasteiger partial charge in [-0.25, -0.2) is 5.01 Å². The molecule has 2 amide bonds. The quantitative estimate of drug-likeness (QED) is 0.860. The highest BCUT2D eigenvalue weighted by Crippen LogP contribution is 2.43. The second-order valence-corrected chi connectivity index (χ2v) is 8.89. The van der Waals surface area contributed by atoms with E-state index >= 15 is 0 Å². The molecule has 0 aromatic heterocycles. The van der Waals surface area contributed by atoms with Crippen LogP contribution in [0, 0.1) is 5.92 Å². The second-order valence-electron chi connectivity index (χ2n) is 7.54. The van der Waals surface area contributed by atoms with Crippen LogP contribution in [0.2, 0.25) is 0 Å². The summed E-state index contributed by atoms with van der Waals surface area (Å²) in [7, 11) is 0. The number of carbonyl (C=O) groups is 2. The van der Waals surface area contributed by atoms with Crippen LogP contribution >= 0.6 is 11.8 Å². The molecule has 0 bridgehead atoms. The number of hydrazone groups is 1. The van der Waals surface area contributed by atoms with E-state index < -0.39 is 4.87 Å². The van der Waals surface area contributed by atoms with Crippen molar-refractivity contribution in [3.63, 3.8) is 0 Å². The molecule has 0 atom stereocenters. The van der Waals surface area contributed by atoms with E-state index in [0.29, 0.717) is 37.1 Å². The third kappa shape index (κ3) is 4.90. The van der Waals surface area contributed by atoms with Crippen LogP contribution in [0.15, 0.2) is 29.4 Å². The standard InChI is InChI=1S/C20H27N3O3S/c1-14(2)12-16-4-6-17(7-5-16)13-18(25)21-19-22-23(15(3)24)20(27-19)8-10-26-11-9-20/h4-7,14H,8-13H2,1-3H3,(H,21,22,25). The second kappa shape index (κ2) is 8.44. The number of amidine groups is 1. The van der Waals surface area contributed by atoms with Crippen molar-refractivity contribution in [1.82, 2.24) is 10.3 Å². The Bertz CT molecular complexity index is 724. The van der Waals surface area contributed by atoms with Crippen LogP contribution in [0.1, 0.15) is 44.7 Å². The number of nitrogens with one attached hydrogen (secondary N) is 1. The molecule has 1 aromatic carbocycles. The first-order valence-electron chi connectivity index (χ1n) is 9.42. The van der Waals surface area contributed by atoms with E-state index in [1.165, 1.54) is 29.3 Å². The summed E-state index contributed by atoms with van der Waals surface area (Å²) < 4.78 is 5.42. The summed E-state index contributed by atoms with van der Waals surface area (Å²) >= 11 is 1.46. The zero-order chi connectivity index (χ0) is 19.4. The largest absolute Gasteiger partial charge is 0.381 e. The van der Waals surface area contributed by atoms with Gasteiger partial charge in [0.1, 0.15) is 4.87 Å². The fourth-order valence-corrected chi connectivity index (χ4v) is 4.72. The predicted octanol–water partition coefficient (Wildman–Crippen LogP) is 2.92. The molecule has 1 aromatic rings. The van der Waals surface area contributed by atoms with Crippen LogP contribution in [0.5, 0.6) is 0 Å². The lowest BCUT2D eigenvalue weighted by Crippen LogP contribution is -2.46. The van der Waals surface area contributed by atoms with Crippen LogP contribution in [-0.2, 0) is 27.2 Å². The number of thioether (sulfide) groups is 1. The van der Waals surface area contributed by atoms with Gasteiger partial charge >= 0.3 is 0 Å². The van der Waals surface area contributed by atoms with E-state index in [2.05, 4.69) is 36.4 Å². The number of amides is 2. The zero-order valence-electron chi connectivity index (χ0n) is 16.2. The van der Waals surface area contributed by atoms with E-state index in [-0.39, 0.29) is 18.2 Å². The van der Waals surface area contributed by atoms with E-state index in [1.807, 2.05) is 12.1 Å². The Morgan fingerprint density at radius 3 is 2.44 bits per heavy atom. The fraction of sp³-hybridized carbons (Fsp3) is 0.550. The zero-order valence-corrected chi connectivity index (χ0v) is 17.0. The van der Waals surface area contributed by atoms with Gasteiger partial charge in [0.05, 0.1) is 6.42 Å². The molecule has 3 rings (SSSR count). The summed E-state index contributed by atoms with van der Waals surface area (Å²) in [6.07, 6.45) is 2.74. The van der Waals surface area contributed by atoms with Gasteiger partial charge in [0.25, 0.3) is 0 Å². The molecule has 146 valence electrons. The molecule has 6 nitrogen and oxygen atoms in total. The maximum atomic E-state index is 12.4. The van der Waals surface area contributed by atoms with Crippen LogP contribution in [-0.4, -0.2) is 40.1 Å². The maximum Gasteiger partial charge on any atom is 0.240 e. The highest BCUT2D eigenvalue weighted by atomic mass is 32.2. The highest BCUT2D eigenvalue weighted by Gasteiger charge is 2.47. The smallest absolute Gasteiger partial charge is 0.240 e. The number of ether oxygens (including phenoxy) is 1. The van der Waals surface area contributed by atoms with Gasteiger partial charge in [-0.1, -0.05) is 49.9 Å². The monoisotopic (exact) mass is 389 g/mol. The lowest BCUT2D eigenvalue weighted by atomic mass is 10.0. The van der Waals surface area contributed by atoms with Gasteiger partial charge in [-0.2, -0.15) is 0 Å². The van der Waals surface area contributed by atoms with Crippen molar-refractivity contribution in [3.05, 3.63) is 35.4 Å². The molecule has 0 saturated carbocycles. The lowest BCUT2D eigenvalue weighted by molar-refractivity contribution is -0.134. The van der Waals surface area contributed by atoms with Crippen molar-refractivity contribution in [2.45, 2.75) is 51.3 Å². The first kappa shape index (κ1) is 19.9. The number of hydrogen-bond donors (Lipinski definition) is 1. The molecule has 0 radical (unpaired) electrons. The molecule has 2 aliphatic rings. The summed E-state index contributed by atoms with van der Waals surface area (Å²) in [5.74, 6) is 0.373. The molecule has 1 fully saturated rings. The third-order valence-electron chi connectivity index (χ3n) is 4.71. The summed E-state index contributed by atoms with van der Waals surface area (Å²) in [6, 6.07) is 8.17. The number of benzene rings is 1. The molecule has 2 aliphatic heterocycles. The SMILES string of the molecule is CC(=O)N1N=C(NC(=O)Cc2ccc(CC(C)C)cc2)SC12CCOCC2. The van der Waals surface area contributed by atoms with Crippen LogP contribution < -0.4 is 5.32 Å². The van der Waals surface area contributed by atoms with Gasteiger partial charge in [-0.15, -0.1) is 5.10 Å². The average Bonchev–Trinajstić information content (AvgIpc) is 2.94. The van der Waals surface area contributed by atoms with Crippen molar-refractivity contribution >= 4 is 28.7 Å². The topological polar surface area (TPSA) is 71.0 Å². The lowest BCUT2D eigenvalue weighted by Gasteiger charge is -2.37. The number of carbonyl (C=O) groups excluding carboxylic acids is 2. The van der Waals surface area contributed by atoms with Gasteiger partial charge in [0.15, 0.2) is 5.17 Å². The van der Waals surface area contributed by atoms with E-state index in [4.69, 9.17) is 4.74 Å². The van der Waals surface area contributed by atoms with E-state index in [0.717, 1.165) is 12.0 Å². The molecule has 1 N–H and O–H groups in total. The molecule has 0 aliphatic carbocycles. The molecule has 1 spiro atoms. The summed E-state index contributed by atoms with van der Waals surface area (Å²) in [5.41, 5.74) is 2.25. The Balaban J connectivity index is 1.60. The Morgan fingerprint density at radius 2 is 1.85 bits per heavy atom. The minimum Gasteiger partial charge on any atom is -0.381 e. The normalized spacial score (nSPS) is 18.7. The maximum absolute atomic E-state index is 12.4. The number of rotatable bonds is 4. The highest BCUT2D eigenvalue weighted by molar-refractivity contribution is 8.15. The predicted molar refractivity (Wildman–Crippen MR) is 107 cm³/mol. The molecule has 0 unspecified atom stereocenters. The number of hydrogen-bond acceptors (Lipinski definition) is 5. The van der Waals surface area contributed by atoms with Crippen LogP contribution in [0.25, 0.3) is 0 Å². The van der Waals surface area contributed by atoms with Crippen molar-refractivity contribution in [2.24, 2.45) is 11.0 Å². The minimum absolute atomic E-state index is 0.116. The summed E-state index contributed by atoms with van der Waals surface area (Å²) in [5, 5.41) is 9.24. The minimum atomic E-state index is -0.425. The fourth-order valence-electron chi connectivity index (χ4n) is 3.45. The van der Waals surface area contributed by atoms with E-state index in [9.17, 15) is 9.59 Å². The van der Waals surface area contributed by atoms with Gasteiger partial charge < -0.3 is 10.1 Å². The van der Waals surface area contributed by atoms with Crippen molar-refractivity contribution < 1.29 is 14.3 Å². The molecule has 2 heterocycles. The summed E-state index contributed by atoms with van der Waals surface area (Å²) in [6.45, 7) is 7.07.